The number of aryl methyl sites for hydroxylation is 1. The summed E-state index contributed by atoms with van der Waals surface area (Å²) >= 11 is 0. The van der Waals surface area contributed by atoms with Gasteiger partial charge in [0.05, 0.1) is 25.1 Å². The summed E-state index contributed by atoms with van der Waals surface area (Å²) in [5.41, 5.74) is 1.95. The summed E-state index contributed by atoms with van der Waals surface area (Å²) in [4.78, 5) is 4.30. The molecule has 0 aromatic carbocycles. The maximum Gasteiger partial charge on any atom is 0.213 e. The molecule has 4 nitrogen and oxygen atoms in total. The standard InChI is InChI=1S/C12H20N2O2/c1-5-16-8-9(2)13-11-6-7-12(15-4)14-10(11)3/h6-7,9,13H,5,8H2,1-4H3. The third kappa shape index (κ3) is 3.70. The lowest BCUT2D eigenvalue weighted by Gasteiger charge is -2.16. The molecule has 0 amide bonds. The largest absolute Gasteiger partial charge is 0.481 e. The summed E-state index contributed by atoms with van der Waals surface area (Å²) < 4.78 is 10.4. The van der Waals surface area contributed by atoms with Crippen LogP contribution in [0.3, 0.4) is 0 Å². The Morgan fingerprint density at radius 3 is 2.75 bits per heavy atom. The van der Waals surface area contributed by atoms with Crippen LogP contribution >= 0.6 is 0 Å². The third-order valence-electron chi connectivity index (χ3n) is 2.24. The van der Waals surface area contributed by atoms with Crippen LogP contribution in [0, 0.1) is 6.92 Å². The quantitative estimate of drug-likeness (QED) is 0.804. The first-order chi connectivity index (χ1) is 7.67. The van der Waals surface area contributed by atoms with Gasteiger partial charge in [0.15, 0.2) is 0 Å². The van der Waals surface area contributed by atoms with Gasteiger partial charge in [-0.1, -0.05) is 0 Å². The van der Waals surface area contributed by atoms with Crippen LogP contribution in [-0.4, -0.2) is 31.3 Å². The van der Waals surface area contributed by atoms with Crippen molar-refractivity contribution in [3.8, 4) is 5.88 Å². The number of ether oxygens (including phenoxy) is 2. The van der Waals surface area contributed by atoms with Gasteiger partial charge < -0.3 is 14.8 Å². The molecule has 0 saturated carbocycles. The van der Waals surface area contributed by atoms with Crippen LogP contribution in [0.15, 0.2) is 12.1 Å². The summed E-state index contributed by atoms with van der Waals surface area (Å²) in [5.74, 6) is 0.639. The van der Waals surface area contributed by atoms with E-state index in [4.69, 9.17) is 9.47 Å². The van der Waals surface area contributed by atoms with E-state index in [-0.39, 0.29) is 6.04 Å². The lowest BCUT2D eigenvalue weighted by Crippen LogP contribution is -2.22. The number of anilines is 1. The number of hydrogen-bond donors (Lipinski definition) is 1. The number of rotatable bonds is 6. The van der Waals surface area contributed by atoms with E-state index in [1.807, 2.05) is 26.0 Å². The van der Waals surface area contributed by atoms with Gasteiger partial charge in [0.1, 0.15) is 0 Å². The smallest absolute Gasteiger partial charge is 0.213 e. The monoisotopic (exact) mass is 224 g/mol. The maximum absolute atomic E-state index is 5.34. The molecule has 1 aromatic rings. The van der Waals surface area contributed by atoms with Crippen molar-refractivity contribution in [2.75, 3.05) is 25.6 Å². The lowest BCUT2D eigenvalue weighted by molar-refractivity contribution is 0.141. The van der Waals surface area contributed by atoms with Gasteiger partial charge in [0.2, 0.25) is 5.88 Å². The molecule has 1 heterocycles. The molecular weight excluding hydrogens is 204 g/mol. The zero-order chi connectivity index (χ0) is 12.0. The molecule has 1 aromatic heterocycles. The molecule has 1 unspecified atom stereocenters. The van der Waals surface area contributed by atoms with Crippen molar-refractivity contribution in [1.29, 1.82) is 0 Å². The van der Waals surface area contributed by atoms with Gasteiger partial charge in [0.25, 0.3) is 0 Å². The fourth-order valence-electron chi connectivity index (χ4n) is 1.41. The summed E-state index contributed by atoms with van der Waals surface area (Å²) in [7, 11) is 1.62. The molecular formula is C12H20N2O2. The summed E-state index contributed by atoms with van der Waals surface area (Å²) in [5, 5.41) is 3.35. The Kier molecular flexibility index (Phi) is 5.05. The summed E-state index contributed by atoms with van der Waals surface area (Å²) in [6, 6.07) is 4.10. The summed E-state index contributed by atoms with van der Waals surface area (Å²) in [6.45, 7) is 7.47. The van der Waals surface area contributed by atoms with E-state index in [0.717, 1.165) is 18.0 Å². The number of hydrogen-bond acceptors (Lipinski definition) is 4. The minimum atomic E-state index is 0.272. The Morgan fingerprint density at radius 2 is 2.19 bits per heavy atom. The van der Waals surface area contributed by atoms with Crippen molar-refractivity contribution in [3.05, 3.63) is 17.8 Å². The van der Waals surface area contributed by atoms with Crippen LogP contribution < -0.4 is 10.1 Å². The molecule has 1 atom stereocenters. The second-order valence-corrected chi connectivity index (χ2v) is 3.69. The molecule has 0 saturated heterocycles. The van der Waals surface area contributed by atoms with Crippen molar-refractivity contribution in [1.82, 2.24) is 4.98 Å². The zero-order valence-corrected chi connectivity index (χ0v) is 10.4. The van der Waals surface area contributed by atoms with Crippen LogP contribution in [0.5, 0.6) is 5.88 Å². The van der Waals surface area contributed by atoms with Crippen molar-refractivity contribution in [2.45, 2.75) is 26.8 Å². The molecule has 0 aliphatic rings. The Morgan fingerprint density at radius 1 is 1.44 bits per heavy atom. The van der Waals surface area contributed by atoms with E-state index in [9.17, 15) is 0 Å². The molecule has 0 radical (unpaired) electrons. The molecule has 0 aliphatic heterocycles. The van der Waals surface area contributed by atoms with Crippen molar-refractivity contribution >= 4 is 5.69 Å². The van der Waals surface area contributed by atoms with Crippen molar-refractivity contribution in [2.24, 2.45) is 0 Å². The summed E-state index contributed by atoms with van der Waals surface area (Å²) in [6.07, 6.45) is 0. The van der Waals surface area contributed by atoms with Gasteiger partial charge in [-0.2, -0.15) is 0 Å². The first-order valence-electron chi connectivity index (χ1n) is 5.53. The van der Waals surface area contributed by atoms with Gasteiger partial charge in [-0.3, -0.25) is 0 Å². The Hall–Kier alpha value is -1.29. The van der Waals surface area contributed by atoms with Gasteiger partial charge in [0, 0.05) is 18.7 Å². The van der Waals surface area contributed by atoms with E-state index < -0.39 is 0 Å². The Balaban J connectivity index is 2.59. The van der Waals surface area contributed by atoms with E-state index in [0.29, 0.717) is 12.5 Å². The Bertz CT molecular complexity index is 329. The normalized spacial score (nSPS) is 12.2. The van der Waals surface area contributed by atoms with E-state index in [1.165, 1.54) is 0 Å². The van der Waals surface area contributed by atoms with Crippen LogP contribution in [0.1, 0.15) is 19.5 Å². The molecule has 0 bridgehead atoms. The highest BCUT2D eigenvalue weighted by Gasteiger charge is 2.05. The molecule has 90 valence electrons. The van der Waals surface area contributed by atoms with Gasteiger partial charge in [-0.05, 0) is 26.8 Å². The predicted octanol–water partition coefficient (Wildman–Crippen LogP) is 2.24. The predicted molar refractivity (Wildman–Crippen MR) is 65.1 cm³/mol. The molecule has 4 heteroatoms. The fraction of sp³-hybridized carbons (Fsp3) is 0.583. The fourth-order valence-corrected chi connectivity index (χ4v) is 1.41. The molecule has 16 heavy (non-hydrogen) atoms. The number of pyridine rings is 1. The molecule has 0 fully saturated rings. The highest BCUT2D eigenvalue weighted by Crippen LogP contribution is 2.17. The maximum atomic E-state index is 5.34. The number of aromatic nitrogens is 1. The van der Waals surface area contributed by atoms with Gasteiger partial charge in [-0.25, -0.2) is 4.98 Å². The van der Waals surface area contributed by atoms with E-state index in [2.05, 4.69) is 17.2 Å². The average Bonchev–Trinajstić information content (AvgIpc) is 2.29. The minimum Gasteiger partial charge on any atom is -0.481 e. The van der Waals surface area contributed by atoms with Gasteiger partial charge in [-0.15, -0.1) is 0 Å². The minimum absolute atomic E-state index is 0.272. The average molecular weight is 224 g/mol. The van der Waals surface area contributed by atoms with Crippen molar-refractivity contribution < 1.29 is 9.47 Å². The Labute approximate surface area is 97.0 Å². The second kappa shape index (κ2) is 6.33. The van der Waals surface area contributed by atoms with Crippen LogP contribution in [-0.2, 0) is 4.74 Å². The highest BCUT2D eigenvalue weighted by molar-refractivity contribution is 5.49. The third-order valence-corrected chi connectivity index (χ3v) is 2.24. The van der Waals surface area contributed by atoms with Crippen LogP contribution in [0.4, 0.5) is 5.69 Å². The zero-order valence-electron chi connectivity index (χ0n) is 10.4. The van der Waals surface area contributed by atoms with Crippen LogP contribution in [0.25, 0.3) is 0 Å². The number of nitrogens with one attached hydrogen (secondary N) is 1. The van der Waals surface area contributed by atoms with Crippen LogP contribution in [0.2, 0.25) is 0 Å². The van der Waals surface area contributed by atoms with E-state index >= 15 is 0 Å². The second-order valence-electron chi connectivity index (χ2n) is 3.69. The first kappa shape index (κ1) is 12.8. The van der Waals surface area contributed by atoms with Gasteiger partial charge >= 0.3 is 0 Å². The molecule has 1 rings (SSSR count). The SMILES string of the molecule is CCOCC(C)Nc1ccc(OC)nc1C. The lowest BCUT2D eigenvalue weighted by atomic mass is 10.2. The number of methoxy groups -OCH3 is 1. The molecule has 0 aliphatic carbocycles. The first-order valence-corrected chi connectivity index (χ1v) is 5.53. The van der Waals surface area contributed by atoms with E-state index in [1.54, 1.807) is 7.11 Å². The topological polar surface area (TPSA) is 43.4 Å². The molecule has 1 N–H and O–H groups in total. The number of nitrogens with zero attached hydrogens (tertiary/aromatic N) is 1. The highest BCUT2D eigenvalue weighted by atomic mass is 16.5. The van der Waals surface area contributed by atoms with Crippen molar-refractivity contribution in [3.63, 3.8) is 0 Å². The molecule has 0 spiro atoms.